The van der Waals surface area contributed by atoms with Crippen molar-refractivity contribution in [2.75, 3.05) is 26.7 Å². The van der Waals surface area contributed by atoms with Crippen molar-refractivity contribution in [2.24, 2.45) is 0 Å². The first kappa shape index (κ1) is 10.3. The van der Waals surface area contributed by atoms with Gasteiger partial charge in [0.2, 0.25) is 0 Å². The normalized spacial score (nSPS) is 26.5. The molecule has 2 nitrogen and oxygen atoms in total. The molecule has 0 aliphatic carbocycles. The molecule has 1 atom stereocenters. The largest absolute Gasteiger partial charge is 0.362 e. The first-order valence-electron chi connectivity index (χ1n) is 5.57. The molecular weight excluding hydrogens is 184 g/mol. The predicted octanol–water partition coefficient (Wildman–Crippen LogP) is 1.47. The van der Waals surface area contributed by atoms with Crippen LogP contribution in [0.1, 0.15) is 12.8 Å². The molecule has 80 valence electrons. The van der Waals surface area contributed by atoms with Crippen molar-refractivity contribution in [1.29, 1.82) is 0 Å². The van der Waals surface area contributed by atoms with Crippen molar-refractivity contribution in [3.8, 4) is 12.3 Å². The number of hydrogen-bond donors (Lipinski definition) is 0. The van der Waals surface area contributed by atoms with Crippen molar-refractivity contribution in [3.05, 3.63) is 23.9 Å². The third kappa shape index (κ3) is 2.24. The van der Waals surface area contributed by atoms with E-state index in [0.717, 1.165) is 6.54 Å². The van der Waals surface area contributed by atoms with Crippen LogP contribution in [-0.4, -0.2) is 42.5 Å². The molecule has 2 heterocycles. The van der Waals surface area contributed by atoms with Crippen LogP contribution in [0, 0.1) is 12.3 Å². The topological polar surface area (TPSA) is 6.48 Å². The maximum atomic E-state index is 5.33. The first-order chi connectivity index (χ1) is 7.31. The maximum absolute atomic E-state index is 5.33. The molecule has 2 aliphatic rings. The second-order valence-electron chi connectivity index (χ2n) is 4.30. The van der Waals surface area contributed by atoms with E-state index in [2.05, 4.69) is 41.1 Å². The van der Waals surface area contributed by atoms with Crippen LogP contribution < -0.4 is 0 Å². The van der Waals surface area contributed by atoms with E-state index in [0.29, 0.717) is 12.6 Å². The summed E-state index contributed by atoms with van der Waals surface area (Å²) in [7, 11) is 2.20. The molecule has 0 aromatic rings. The Morgan fingerprint density at radius 1 is 1.60 bits per heavy atom. The molecule has 1 fully saturated rings. The molecule has 2 rings (SSSR count). The summed E-state index contributed by atoms with van der Waals surface area (Å²) < 4.78 is 0. The summed E-state index contributed by atoms with van der Waals surface area (Å²) in [4.78, 5) is 4.62. The van der Waals surface area contributed by atoms with Crippen LogP contribution >= 0.6 is 0 Å². The Balaban J connectivity index is 2.07. The van der Waals surface area contributed by atoms with Crippen LogP contribution in [0.5, 0.6) is 0 Å². The molecule has 1 unspecified atom stereocenters. The van der Waals surface area contributed by atoms with Gasteiger partial charge in [-0.3, -0.25) is 4.90 Å². The fourth-order valence-electron chi connectivity index (χ4n) is 2.39. The van der Waals surface area contributed by atoms with Gasteiger partial charge in [-0.1, -0.05) is 18.1 Å². The first-order valence-corrected chi connectivity index (χ1v) is 5.57. The van der Waals surface area contributed by atoms with Gasteiger partial charge in [0, 0.05) is 18.8 Å². The minimum absolute atomic E-state index is 0.599. The highest BCUT2D eigenvalue weighted by Gasteiger charge is 2.24. The van der Waals surface area contributed by atoms with E-state index >= 15 is 0 Å². The van der Waals surface area contributed by atoms with Gasteiger partial charge in [0.25, 0.3) is 0 Å². The zero-order valence-corrected chi connectivity index (χ0v) is 9.32. The van der Waals surface area contributed by atoms with Crippen LogP contribution in [0.4, 0.5) is 0 Å². The molecule has 0 bridgehead atoms. The van der Waals surface area contributed by atoms with Gasteiger partial charge in [-0.2, -0.15) is 0 Å². The molecule has 0 spiro atoms. The smallest absolute Gasteiger partial charge is 0.0789 e. The fourth-order valence-corrected chi connectivity index (χ4v) is 2.39. The second kappa shape index (κ2) is 4.55. The lowest BCUT2D eigenvalue weighted by Crippen LogP contribution is -2.30. The molecule has 1 saturated heterocycles. The third-order valence-corrected chi connectivity index (χ3v) is 3.18. The molecule has 0 aromatic heterocycles. The predicted molar refractivity (Wildman–Crippen MR) is 63.3 cm³/mol. The highest BCUT2D eigenvalue weighted by molar-refractivity contribution is 5.29. The van der Waals surface area contributed by atoms with Gasteiger partial charge in [0.15, 0.2) is 0 Å². The molecule has 2 aliphatic heterocycles. The summed E-state index contributed by atoms with van der Waals surface area (Å²) in [6.45, 7) is 2.87. The number of hydrogen-bond acceptors (Lipinski definition) is 2. The summed E-state index contributed by atoms with van der Waals surface area (Å²) >= 11 is 0. The van der Waals surface area contributed by atoms with Crippen LogP contribution in [0.2, 0.25) is 0 Å². The van der Waals surface area contributed by atoms with Crippen molar-refractivity contribution in [1.82, 2.24) is 9.80 Å². The van der Waals surface area contributed by atoms with Gasteiger partial charge in [0.05, 0.1) is 6.54 Å². The monoisotopic (exact) mass is 202 g/mol. The SMILES string of the molecule is C#CCN1C=C(C2CCCN2C)C=CC1. The fraction of sp³-hybridized carbons (Fsp3) is 0.538. The van der Waals surface area contributed by atoms with Crippen molar-refractivity contribution in [3.63, 3.8) is 0 Å². The summed E-state index contributed by atoms with van der Waals surface area (Å²) in [5.74, 6) is 2.69. The van der Waals surface area contributed by atoms with E-state index in [4.69, 9.17) is 6.42 Å². The second-order valence-corrected chi connectivity index (χ2v) is 4.30. The van der Waals surface area contributed by atoms with Crippen LogP contribution in [-0.2, 0) is 0 Å². The number of likely N-dealkylation sites (tertiary alicyclic amines) is 1. The van der Waals surface area contributed by atoms with Crippen LogP contribution in [0.25, 0.3) is 0 Å². The van der Waals surface area contributed by atoms with Gasteiger partial charge in [0.1, 0.15) is 0 Å². The molecule has 0 amide bonds. The van der Waals surface area contributed by atoms with Gasteiger partial charge in [-0.25, -0.2) is 0 Å². The number of rotatable bonds is 2. The lowest BCUT2D eigenvalue weighted by atomic mass is 10.0. The molecule has 0 aromatic carbocycles. The van der Waals surface area contributed by atoms with Crippen molar-refractivity contribution < 1.29 is 0 Å². The van der Waals surface area contributed by atoms with E-state index in [-0.39, 0.29) is 0 Å². The minimum Gasteiger partial charge on any atom is -0.362 e. The molecule has 0 radical (unpaired) electrons. The van der Waals surface area contributed by atoms with Gasteiger partial charge >= 0.3 is 0 Å². The average Bonchev–Trinajstić information content (AvgIpc) is 2.65. The van der Waals surface area contributed by atoms with E-state index in [9.17, 15) is 0 Å². The van der Waals surface area contributed by atoms with Gasteiger partial charge in [-0.15, -0.1) is 6.42 Å². The molecule has 2 heteroatoms. The summed E-state index contributed by atoms with van der Waals surface area (Å²) in [5.41, 5.74) is 1.41. The van der Waals surface area contributed by atoms with Crippen LogP contribution in [0.3, 0.4) is 0 Å². The van der Waals surface area contributed by atoms with E-state index < -0.39 is 0 Å². The summed E-state index contributed by atoms with van der Waals surface area (Å²) in [5, 5.41) is 0. The summed E-state index contributed by atoms with van der Waals surface area (Å²) in [6.07, 6.45) is 14.6. The zero-order chi connectivity index (χ0) is 10.7. The van der Waals surface area contributed by atoms with E-state index in [1.807, 2.05) is 0 Å². The quantitative estimate of drug-likeness (QED) is 0.626. The van der Waals surface area contributed by atoms with Crippen LogP contribution in [0.15, 0.2) is 23.9 Å². The Labute approximate surface area is 92.2 Å². The standard InChI is InChI=1S/C13H18N2/c1-3-8-15-10-4-6-12(11-15)13-7-5-9-14(13)2/h1,4,6,11,13H,5,7-10H2,2H3. The Kier molecular flexibility index (Phi) is 3.13. The lowest BCUT2D eigenvalue weighted by Gasteiger charge is -2.27. The van der Waals surface area contributed by atoms with Gasteiger partial charge < -0.3 is 4.90 Å². The van der Waals surface area contributed by atoms with Gasteiger partial charge in [-0.05, 0) is 32.0 Å². The minimum atomic E-state index is 0.599. The lowest BCUT2D eigenvalue weighted by molar-refractivity contribution is 0.340. The average molecular weight is 202 g/mol. The van der Waals surface area contributed by atoms with E-state index in [1.165, 1.54) is 25.0 Å². The van der Waals surface area contributed by atoms with Crippen molar-refractivity contribution in [2.45, 2.75) is 18.9 Å². The molecule has 0 N–H and O–H groups in total. The number of nitrogens with zero attached hydrogens (tertiary/aromatic N) is 2. The zero-order valence-electron chi connectivity index (χ0n) is 9.32. The van der Waals surface area contributed by atoms with Crippen molar-refractivity contribution >= 4 is 0 Å². The maximum Gasteiger partial charge on any atom is 0.0789 e. The highest BCUT2D eigenvalue weighted by Crippen LogP contribution is 2.24. The molecule has 0 saturated carbocycles. The molecule has 15 heavy (non-hydrogen) atoms. The van der Waals surface area contributed by atoms with E-state index in [1.54, 1.807) is 0 Å². The Morgan fingerprint density at radius 2 is 2.47 bits per heavy atom. The summed E-state index contributed by atoms with van der Waals surface area (Å²) in [6, 6.07) is 0.599. The number of likely N-dealkylation sites (N-methyl/N-ethyl adjacent to an activating group) is 1. The third-order valence-electron chi connectivity index (χ3n) is 3.18. The highest BCUT2D eigenvalue weighted by atomic mass is 15.2. The Hall–Kier alpha value is -1.20. The Bertz CT molecular complexity index is 322. The number of terminal acetylenes is 1. The molecular formula is C13H18N2. The Morgan fingerprint density at radius 3 is 3.13 bits per heavy atom.